The number of imide groups is 1. The van der Waals surface area contributed by atoms with Crippen LogP contribution in [-0.4, -0.2) is 114 Å². The fourth-order valence-corrected chi connectivity index (χ4v) is 11.8. The minimum absolute atomic E-state index is 0.0156. The molecule has 4 aromatic carbocycles. The maximum Gasteiger partial charge on any atom is 0.399 e. The number of primary amides is 1. The Bertz CT molecular complexity index is 3430. The van der Waals surface area contributed by atoms with Gasteiger partial charge in [0, 0.05) is 71.9 Å². The van der Waals surface area contributed by atoms with Gasteiger partial charge in [0.15, 0.2) is 0 Å². The van der Waals surface area contributed by atoms with Gasteiger partial charge in [0.1, 0.15) is 29.9 Å². The van der Waals surface area contributed by atoms with Crippen molar-refractivity contribution >= 4 is 71.7 Å². The number of amides is 9. The quantitative estimate of drug-likeness (QED) is 0.0238. The van der Waals surface area contributed by atoms with Crippen molar-refractivity contribution in [3.63, 3.8) is 0 Å². The number of nitrogens with zero attached hydrogens (tertiary/aromatic N) is 2. The van der Waals surface area contributed by atoms with Gasteiger partial charge in [0.05, 0.1) is 6.04 Å². The van der Waals surface area contributed by atoms with Crippen molar-refractivity contribution in [1.29, 1.82) is 0 Å². The molecule has 83 heavy (non-hydrogen) atoms. The maximum absolute atomic E-state index is 14.9. The number of hydrogen-bond acceptors (Lipinski definition) is 10. The molecular weight excluding hydrogens is 1100 g/mol. The van der Waals surface area contributed by atoms with E-state index in [1.807, 2.05) is 60.7 Å². The van der Waals surface area contributed by atoms with Gasteiger partial charge in [0.25, 0.3) is 11.8 Å². The number of nitrogens with two attached hydrogens (primary N) is 1. The lowest BCUT2D eigenvalue weighted by Gasteiger charge is -2.38. The highest BCUT2D eigenvalue weighted by atomic mass is 31.2. The zero-order valence-corrected chi connectivity index (χ0v) is 45.8. The number of aromatic amines is 1. The van der Waals surface area contributed by atoms with E-state index in [0.717, 1.165) is 29.3 Å². The van der Waals surface area contributed by atoms with Crippen LogP contribution >= 0.6 is 7.60 Å². The molecule has 1 unspecified atom stereocenters. The first-order valence-electron chi connectivity index (χ1n) is 27.4. The fourth-order valence-electron chi connectivity index (χ4n) is 11.3. The summed E-state index contributed by atoms with van der Waals surface area (Å²) in [7, 11) is -5.92. The van der Waals surface area contributed by atoms with E-state index in [4.69, 9.17) is 5.73 Å². The van der Waals surface area contributed by atoms with Crippen LogP contribution in [0.2, 0.25) is 0 Å². The molecule has 6 atom stereocenters. The van der Waals surface area contributed by atoms with Gasteiger partial charge in [-0.05, 0) is 105 Å². The Kier molecular flexibility index (Phi) is 18.0. The number of piperidine rings is 1. The van der Waals surface area contributed by atoms with Crippen LogP contribution in [0.3, 0.4) is 0 Å². The minimum Gasteiger partial charge on any atom is -0.370 e. The Morgan fingerprint density at radius 3 is 2.23 bits per heavy atom. The van der Waals surface area contributed by atoms with Crippen molar-refractivity contribution in [1.82, 2.24) is 41.4 Å². The van der Waals surface area contributed by atoms with Crippen molar-refractivity contribution in [3.8, 4) is 11.8 Å². The van der Waals surface area contributed by atoms with Gasteiger partial charge in [0.2, 0.25) is 41.4 Å². The number of hydrogen-bond donors (Lipinski definition) is 9. The predicted molar refractivity (Wildman–Crippen MR) is 296 cm³/mol. The molecule has 9 amide bonds. The Balaban J connectivity index is 0.891. The van der Waals surface area contributed by atoms with Gasteiger partial charge in [-0.1, -0.05) is 84.6 Å². The number of H-pyrrole nitrogens is 1. The van der Waals surface area contributed by atoms with Crippen LogP contribution < -0.4 is 32.3 Å². The summed E-state index contributed by atoms with van der Waals surface area (Å²) in [6.45, 7) is 0.172. The molecule has 24 heteroatoms. The van der Waals surface area contributed by atoms with Gasteiger partial charge >= 0.3 is 13.3 Å². The first kappa shape index (κ1) is 59.1. The minimum atomic E-state index is -5.92. The molecular formula is C59H62F2N9O12P. The average molecular weight is 1160 g/mol. The summed E-state index contributed by atoms with van der Waals surface area (Å²) >= 11 is 0. The summed E-state index contributed by atoms with van der Waals surface area (Å²) in [5, 5.41) is 13.9. The van der Waals surface area contributed by atoms with Crippen molar-refractivity contribution in [2.45, 2.75) is 138 Å². The zero-order valence-electron chi connectivity index (χ0n) is 44.9. The molecule has 0 aliphatic carbocycles. The van der Waals surface area contributed by atoms with Crippen LogP contribution in [0.5, 0.6) is 0 Å². The van der Waals surface area contributed by atoms with Crippen molar-refractivity contribution < 1.29 is 66.3 Å². The molecule has 3 fully saturated rings. The van der Waals surface area contributed by atoms with Gasteiger partial charge in [-0.15, -0.1) is 0 Å². The summed E-state index contributed by atoms with van der Waals surface area (Å²) in [4.78, 5) is 146. The van der Waals surface area contributed by atoms with E-state index in [1.165, 1.54) is 15.9 Å². The molecule has 0 spiro atoms. The largest absolute Gasteiger partial charge is 0.399 e. The van der Waals surface area contributed by atoms with Gasteiger partial charge < -0.3 is 51.6 Å². The normalized spacial score (nSPS) is 20.3. The van der Waals surface area contributed by atoms with Crippen molar-refractivity contribution in [2.24, 2.45) is 5.73 Å². The number of fused-ring (bicyclic) bond motifs is 3. The standard InChI is InChI=1S/C59H62F2N9O12P/c60-59(61,83(80,81)82)38-20-23-43-37(30-38)31-46(64-43)54(75)66-45-24-21-39(63-50(72)19-10-2-1-5-12-34-17-11-18-41-42(34)33-69(57(41)78)47-27-29-51(73)67-55(47)76)32-40-22-26-48(70(40)58(45)79)56(77)65-44(25-28-49(62)71)53(74)68-52(35-13-6-3-7-14-35)36-15-8-4-9-16-36/h3-4,6-9,11,13-18,20,23,30-31,39-40,44-45,47-48,52,64H,1-2,10,19,21-22,24-29,32-33H2,(H2,62,71)(H,63,72)(H,65,77)(H,66,75)(H,68,74)(H,67,73,76)(H2,80,81,82)/t39-,40-,44+,45+,47?,48+/m1/s1. The van der Waals surface area contributed by atoms with Gasteiger partial charge in [-0.2, -0.15) is 8.78 Å². The number of halogens is 2. The van der Waals surface area contributed by atoms with E-state index in [-0.39, 0.29) is 105 Å². The van der Waals surface area contributed by atoms with E-state index >= 15 is 0 Å². The Morgan fingerprint density at radius 1 is 0.819 bits per heavy atom. The van der Waals surface area contributed by atoms with Gasteiger partial charge in [-0.3, -0.25) is 53.0 Å². The number of rotatable bonds is 19. The Morgan fingerprint density at radius 2 is 1.54 bits per heavy atom. The number of benzene rings is 4. The number of unbranched alkanes of at least 4 members (excludes halogenated alkanes) is 2. The lowest BCUT2D eigenvalue weighted by atomic mass is 9.94. The highest BCUT2D eigenvalue weighted by molar-refractivity contribution is 7.52. The SMILES string of the molecule is NC(=O)CC[C@H](NC(=O)[C@@H]1CC[C@@H]2C[C@H](NC(=O)CCCCC#Cc3cccc4c3CN(C3CCC(=O)NC3=O)C4=O)CC[C@H](NC(=O)c3cc4cc(C(F)(F)P(=O)(O)O)ccc4[nH]3)C(=O)N21)C(=O)NC(c1ccccc1)c1ccccc1. The summed E-state index contributed by atoms with van der Waals surface area (Å²) in [6.07, 6.45) is 2.22. The number of carbonyl (C=O) groups excluding carboxylic acids is 9. The van der Waals surface area contributed by atoms with Crippen LogP contribution in [0.25, 0.3) is 10.9 Å². The van der Waals surface area contributed by atoms with Crippen LogP contribution in [0, 0.1) is 11.8 Å². The maximum atomic E-state index is 14.9. The number of carbonyl (C=O) groups is 9. The molecule has 21 nitrogen and oxygen atoms in total. The first-order valence-corrected chi connectivity index (χ1v) is 29.0. The fraction of sp³-hybridized carbons (Fsp3) is 0.373. The molecule has 434 valence electrons. The summed E-state index contributed by atoms with van der Waals surface area (Å²) in [5.74, 6) is 1.22. The van der Waals surface area contributed by atoms with Gasteiger partial charge in [-0.25, -0.2) is 0 Å². The molecule has 0 bridgehead atoms. The number of aromatic nitrogens is 1. The third-order valence-electron chi connectivity index (χ3n) is 15.6. The highest BCUT2D eigenvalue weighted by Crippen LogP contribution is 2.59. The molecule has 9 rings (SSSR count). The molecule has 4 aliphatic heterocycles. The second kappa shape index (κ2) is 25.3. The average Bonchev–Trinajstić information content (AvgIpc) is 3.69. The van der Waals surface area contributed by atoms with Crippen LogP contribution in [-0.2, 0) is 50.3 Å². The molecule has 10 N–H and O–H groups in total. The van der Waals surface area contributed by atoms with Crippen LogP contribution in [0.15, 0.2) is 103 Å². The molecule has 5 aromatic rings. The van der Waals surface area contributed by atoms with E-state index in [1.54, 1.807) is 18.2 Å². The first-order chi connectivity index (χ1) is 39.7. The molecule has 0 saturated carbocycles. The summed E-state index contributed by atoms with van der Waals surface area (Å²) in [5.41, 5.74) is 3.27. The lowest BCUT2D eigenvalue weighted by molar-refractivity contribution is -0.143. The third kappa shape index (κ3) is 13.5. The number of nitrogens with one attached hydrogen (secondary N) is 6. The van der Waals surface area contributed by atoms with Crippen molar-refractivity contribution in [3.05, 3.63) is 142 Å². The van der Waals surface area contributed by atoms with Crippen molar-refractivity contribution in [2.75, 3.05) is 0 Å². The van der Waals surface area contributed by atoms with E-state index in [9.17, 15) is 66.3 Å². The predicted octanol–water partition coefficient (Wildman–Crippen LogP) is 4.55. The second-order valence-corrected chi connectivity index (χ2v) is 22.9. The summed E-state index contributed by atoms with van der Waals surface area (Å²) < 4.78 is 41.0. The van der Waals surface area contributed by atoms with E-state index in [2.05, 4.69) is 43.4 Å². The van der Waals surface area contributed by atoms with E-state index in [0.29, 0.717) is 36.0 Å². The lowest BCUT2D eigenvalue weighted by Crippen LogP contribution is -2.59. The Labute approximate surface area is 475 Å². The van der Waals surface area contributed by atoms with Crippen LogP contribution in [0.4, 0.5) is 8.78 Å². The zero-order chi connectivity index (χ0) is 59.2. The smallest absolute Gasteiger partial charge is 0.370 e. The summed E-state index contributed by atoms with van der Waals surface area (Å²) in [6, 6.07) is 21.0. The molecule has 4 aliphatic rings. The molecule has 5 heterocycles. The molecule has 0 radical (unpaired) electrons. The van der Waals surface area contributed by atoms with Crippen LogP contribution in [0.1, 0.15) is 138 Å². The highest BCUT2D eigenvalue weighted by Gasteiger charge is 2.51. The number of alkyl halides is 2. The molecule has 1 aromatic heterocycles. The third-order valence-corrected chi connectivity index (χ3v) is 16.6. The molecule has 3 saturated heterocycles. The topological polar surface area (TPSA) is 320 Å². The Hall–Kier alpha value is -8.58. The second-order valence-electron chi connectivity index (χ2n) is 21.2. The van der Waals surface area contributed by atoms with E-state index < -0.39 is 96.6 Å². The monoisotopic (exact) mass is 1160 g/mol.